The van der Waals surface area contributed by atoms with Crippen LogP contribution in [0.3, 0.4) is 0 Å². The predicted octanol–water partition coefficient (Wildman–Crippen LogP) is 2.15. The Hall–Kier alpha value is -2.70. The average Bonchev–Trinajstić information content (AvgIpc) is 2.94. The lowest BCUT2D eigenvalue weighted by Crippen LogP contribution is -2.05. The Morgan fingerprint density at radius 2 is 2.00 bits per heavy atom. The Morgan fingerprint density at radius 1 is 1.20 bits per heavy atom. The summed E-state index contributed by atoms with van der Waals surface area (Å²) in [5, 5.41) is 13.7. The molecule has 102 valence electrons. The standard InChI is InChI=1S/C13H13FN6/c1-15-13-18-11(10-7-17-20-12(10)19-13)16-6-8-2-4-9(14)5-3-8/h2-5,7H,6H2,1H3,(H3,15,16,17,18,19,20). The fraction of sp³-hybridized carbons (Fsp3) is 0.154. The van der Waals surface area contributed by atoms with E-state index < -0.39 is 0 Å². The van der Waals surface area contributed by atoms with E-state index in [4.69, 9.17) is 0 Å². The molecule has 1 aromatic carbocycles. The first-order valence-electron chi connectivity index (χ1n) is 6.13. The van der Waals surface area contributed by atoms with Crippen molar-refractivity contribution < 1.29 is 4.39 Å². The van der Waals surface area contributed by atoms with Crippen LogP contribution >= 0.6 is 0 Å². The number of hydrogen-bond donors (Lipinski definition) is 3. The molecule has 0 atom stereocenters. The second-order valence-electron chi connectivity index (χ2n) is 4.26. The number of hydrogen-bond acceptors (Lipinski definition) is 5. The van der Waals surface area contributed by atoms with Crippen molar-refractivity contribution in [2.75, 3.05) is 17.7 Å². The van der Waals surface area contributed by atoms with Crippen LogP contribution in [0.1, 0.15) is 5.56 Å². The SMILES string of the molecule is CNc1nc(NCc2ccc(F)cc2)c2cn[nH]c2n1. The van der Waals surface area contributed by atoms with Gasteiger partial charge in [0.1, 0.15) is 11.6 Å². The van der Waals surface area contributed by atoms with Crippen LogP contribution in [-0.2, 0) is 6.54 Å². The van der Waals surface area contributed by atoms with Gasteiger partial charge in [0, 0.05) is 13.6 Å². The molecule has 0 saturated carbocycles. The highest BCUT2D eigenvalue weighted by atomic mass is 19.1. The van der Waals surface area contributed by atoms with E-state index in [0.29, 0.717) is 24.0 Å². The molecular formula is C13H13FN6. The zero-order valence-corrected chi connectivity index (χ0v) is 10.8. The Bertz CT molecular complexity index is 721. The van der Waals surface area contributed by atoms with E-state index >= 15 is 0 Å². The number of nitrogens with one attached hydrogen (secondary N) is 3. The highest BCUT2D eigenvalue weighted by molar-refractivity contribution is 5.86. The van der Waals surface area contributed by atoms with Gasteiger partial charge in [-0.15, -0.1) is 0 Å². The maximum absolute atomic E-state index is 12.9. The van der Waals surface area contributed by atoms with Crippen LogP contribution in [0.15, 0.2) is 30.5 Å². The van der Waals surface area contributed by atoms with Crippen LogP contribution in [-0.4, -0.2) is 27.2 Å². The van der Waals surface area contributed by atoms with Gasteiger partial charge in [0.05, 0.1) is 11.6 Å². The number of fused-ring (bicyclic) bond motifs is 1. The first-order valence-corrected chi connectivity index (χ1v) is 6.13. The molecule has 0 bridgehead atoms. The molecule has 0 saturated heterocycles. The van der Waals surface area contributed by atoms with Crippen LogP contribution in [0.2, 0.25) is 0 Å². The van der Waals surface area contributed by atoms with Crippen molar-refractivity contribution in [3.05, 3.63) is 41.8 Å². The number of benzene rings is 1. The number of H-pyrrole nitrogens is 1. The predicted molar refractivity (Wildman–Crippen MR) is 75.0 cm³/mol. The van der Waals surface area contributed by atoms with Gasteiger partial charge in [0.25, 0.3) is 0 Å². The number of rotatable bonds is 4. The summed E-state index contributed by atoms with van der Waals surface area (Å²) in [6, 6.07) is 6.33. The molecule has 3 N–H and O–H groups in total. The molecule has 6 nitrogen and oxygen atoms in total. The van der Waals surface area contributed by atoms with E-state index in [2.05, 4.69) is 30.8 Å². The second-order valence-corrected chi connectivity index (χ2v) is 4.26. The maximum Gasteiger partial charge on any atom is 0.226 e. The minimum atomic E-state index is -0.245. The van der Waals surface area contributed by atoms with Crippen molar-refractivity contribution in [1.29, 1.82) is 0 Å². The Labute approximate surface area is 114 Å². The number of aromatic amines is 1. The lowest BCUT2D eigenvalue weighted by atomic mass is 10.2. The van der Waals surface area contributed by atoms with Gasteiger partial charge >= 0.3 is 0 Å². The van der Waals surface area contributed by atoms with Crippen LogP contribution < -0.4 is 10.6 Å². The van der Waals surface area contributed by atoms with Gasteiger partial charge in [-0.05, 0) is 17.7 Å². The molecular weight excluding hydrogens is 259 g/mol. The van der Waals surface area contributed by atoms with Crippen molar-refractivity contribution in [3.63, 3.8) is 0 Å². The molecule has 2 heterocycles. The summed E-state index contributed by atoms with van der Waals surface area (Å²) < 4.78 is 12.9. The van der Waals surface area contributed by atoms with Gasteiger partial charge in [-0.2, -0.15) is 15.1 Å². The van der Waals surface area contributed by atoms with Crippen LogP contribution in [0.25, 0.3) is 11.0 Å². The van der Waals surface area contributed by atoms with Crippen LogP contribution in [0, 0.1) is 5.82 Å². The van der Waals surface area contributed by atoms with Crippen LogP contribution in [0.5, 0.6) is 0 Å². The third-order valence-electron chi connectivity index (χ3n) is 2.91. The molecule has 0 radical (unpaired) electrons. The van der Waals surface area contributed by atoms with Crippen molar-refractivity contribution in [2.24, 2.45) is 0 Å². The average molecular weight is 272 g/mol. The van der Waals surface area contributed by atoms with E-state index in [1.807, 2.05) is 0 Å². The van der Waals surface area contributed by atoms with Gasteiger partial charge < -0.3 is 10.6 Å². The van der Waals surface area contributed by atoms with Crippen molar-refractivity contribution >= 4 is 22.8 Å². The van der Waals surface area contributed by atoms with Gasteiger partial charge in [-0.1, -0.05) is 12.1 Å². The summed E-state index contributed by atoms with van der Waals surface area (Å²) in [6.07, 6.45) is 1.67. The monoisotopic (exact) mass is 272 g/mol. The summed E-state index contributed by atoms with van der Waals surface area (Å²) >= 11 is 0. The highest BCUT2D eigenvalue weighted by Gasteiger charge is 2.08. The van der Waals surface area contributed by atoms with Crippen molar-refractivity contribution in [1.82, 2.24) is 20.2 Å². The molecule has 20 heavy (non-hydrogen) atoms. The zero-order valence-electron chi connectivity index (χ0n) is 10.8. The molecule has 3 rings (SSSR count). The zero-order chi connectivity index (χ0) is 13.9. The molecule has 0 amide bonds. The summed E-state index contributed by atoms with van der Waals surface area (Å²) in [4.78, 5) is 8.61. The Morgan fingerprint density at radius 3 is 2.75 bits per heavy atom. The smallest absolute Gasteiger partial charge is 0.226 e. The number of halogens is 1. The Balaban J connectivity index is 1.86. The third-order valence-corrected chi connectivity index (χ3v) is 2.91. The lowest BCUT2D eigenvalue weighted by molar-refractivity contribution is 0.627. The lowest BCUT2D eigenvalue weighted by Gasteiger charge is -2.08. The van der Waals surface area contributed by atoms with E-state index in [0.717, 1.165) is 10.9 Å². The fourth-order valence-electron chi connectivity index (χ4n) is 1.87. The second kappa shape index (κ2) is 5.12. The number of aromatic nitrogens is 4. The number of anilines is 2. The topological polar surface area (TPSA) is 78.5 Å². The molecule has 0 spiro atoms. The first kappa shape index (κ1) is 12.3. The molecule has 0 aliphatic carbocycles. The Kier molecular flexibility index (Phi) is 3.16. The van der Waals surface area contributed by atoms with E-state index in [1.54, 1.807) is 25.4 Å². The fourth-order valence-corrected chi connectivity index (χ4v) is 1.87. The van der Waals surface area contributed by atoms with E-state index in [-0.39, 0.29) is 5.82 Å². The van der Waals surface area contributed by atoms with E-state index in [9.17, 15) is 4.39 Å². The third kappa shape index (κ3) is 2.37. The van der Waals surface area contributed by atoms with Gasteiger partial charge in [-0.25, -0.2) is 4.39 Å². The van der Waals surface area contributed by atoms with Gasteiger partial charge in [-0.3, -0.25) is 5.10 Å². The molecule has 3 aromatic rings. The molecule has 0 aliphatic heterocycles. The normalized spacial score (nSPS) is 10.7. The van der Waals surface area contributed by atoms with Gasteiger partial charge in [0.15, 0.2) is 5.65 Å². The molecule has 2 aromatic heterocycles. The minimum absolute atomic E-state index is 0.245. The maximum atomic E-state index is 12.9. The number of nitrogens with zero attached hydrogens (tertiary/aromatic N) is 3. The summed E-state index contributed by atoms with van der Waals surface area (Å²) in [5.41, 5.74) is 1.62. The largest absolute Gasteiger partial charge is 0.365 e. The van der Waals surface area contributed by atoms with Crippen molar-refractivity contribution in [2.45, 2.75) is 6.54 Å². The first-order chi connectivity index (χ1) is 9.76. The quantitative estimate of drug-likeness (QED) is 0.678. The van der Waals surface area contributed by atoms with E-state index in [1.165, 1.54) is 12.1 Å². The molecule has 0 unspecified atom stereocenters. The van der Waals surface area contributed by atoms with Gasteiger partial charge in [0.2, 0.25) is 5.95 Å². The summed E-state index contributed by atoms with van der Waals surface area (Å²) in [6.45, 7) is 0.542. The summed E-state index contributed by atoms with van der Waals surface area (Å²) in [7, 11) is 1.75. The summed E-state index contributed by atoms with van der Waals surface area (Å²) in [5.74, 6) is 0.936. The van der Waals surface area contributed by atoms with Crippen LogP contribution in [0.4, 0.5) is 16.2 Å². The molecule has 0 fully saturated rings. The minimum Gasteiger partial charge on any atom is -0.365 e. The molecule has 0 aliphatic rings. The van der Waals surface area contributed by atoms with Crippen molar-refractivity contribution in [3.8, 4) is 0 Å². The molecule has 7 heteroatoms. The highest BCUT2D eigenvalue weighted by Crippen LogP contribution is 2.20.